The SMILES string of the molecule is C[Si](C)O[C@@](Cc1ccc(OCc2ccccc2)cc1)(C[C@H]([C@H](Cc1ccccc1)NC(=O)OC(C)(C)C)C(C)(C)C)C(=O)N[C@H]1c2cccc(F)c2C[C@H]1O. The van der Waals surface area contributed by atoms with Gasteiger partial charge in [0.05, 0.1) is 12.1 Å². The molecule has 0 unspecified atom stereocenters. The maximum absolute atomic E-state index is 15.2. The van der Waals surface area contributed by atoms with Gasteiger partial charge in [0.15, 0.2) is 0 Å². The lowest BCUT2D eigenvalue weighted by Gasteiger charge is -2.45. The summed E-state index contributed by atoms with van der Waals surface area (Å²) >= 11 is 0. The second kappa shape index (κ2) is 18.2. The predicted molar refractivity (Wildman–Crippen MR) is 220 cm³/mol. The fourth-order valence-electron chi connectivity index (χ4n) is 7.63. The van der Waals surface area contributed by atoms with Gasteiger partial charge in [0, 0.05) is 18.9 Å². The van der Waals surface area contributed by atoms with Gasteiger partial charge in [0.25, 0.3) is 5.91 Å². The second-order valence-electron chi connectivity index (χ2n) is 17.2. The number of halogens is 1. The maximum Gasteiger partial charge on any atom is 0.407 e. The van der Waals surface area contributed by atoms with E-state index in [2.05, 4.69) is 31.4 Å². The minimum absolute atomic E-state index is 0.0887. The number of nitrogens with one attached hydrogen (secondary N) is 2. The molecule has 1 radical (unpaired) electrons. The molecule has 0 saturated heterocycles. The van der Waals surface area contributed by atoms with Crippen LogP contribution in [0.1, 0.15) is 81.8 Å². The summed E-state index contributed by atoms with van der Waals surface area (Å²) in [6, 6.07) is 31.0. The van der Waals surface area contributed by atoms with Gasteiger partial charge >= 0.3 is 6.09 Å². The first-order valence-corrected chi connectivity index (χ1v) is 21.9. The highest BCUT2D eigenvalue weighted by Gasteiger charge is 2.49. The largest absolute Gasteiger partial charge is 0.489 e. The number of amides is 2. The van der Waals surface area contributed by atoms with Crippen LogP contribution >= 0.6 is 0 Å². The van der Waals surface area contributed by atoms with E-state index in [1.807, 2.05) is 119 Å². The zero-order chi connectivity index (χ0) is 40.7. The summed E-state index contributed by atoms with van der Waals surface area (Å²) in [7, 11) is -1.55. The first-order valence-electron chi connectivity index (χ1n) is 19.5. The summed E-state index contributed by atoms with van der Waals surface area (Å²) in [6.07, 6.45) is -0.572. The number of fused-ring (bicyclic) bond motifs is 1. The van der Waals surface area contributed by atoms with Crippen LogP contribution in [0.4, 0.5) is 9.18 Å². The normalized spacial score (nSPS) is 17.7. The molecule has 2 amide bonds. The molecule has 56 heavy (non-hydrogen) atoms. The van der Waals surface area contributed by atoms with Gasteiger partial charge in [-0.3, -0.25) is 4.79 Å². The lowest BCUT2D eigenvalue weighted by molar-refractivity contribution is -0.142. The summed E-state index contributed by atoms with van der Waals surface area (Å²) in [5.74, 6) is -0.449. The fraction of sp³-hybridized carbons (Fsp3) is 0.435. The van der Waals surface area contributed by atoms with E-state index in [9.17, 15) is 14.3 Å². The van der Waals surface area contributed by atoms with Crippen LogP contribution in [0.2, 0.25) is 13.1 Å². The molecule has 0 fully saturated rings. The number of aliphatic hydroxyl groups is 1. The van der Waals surface area contributed by atoms with E-state index in [0.29, 0.717) is 29.9 Å². The Balaban J connectivity index is 1.56. The zero-order valence-electron chi connectivity index (χ0n) is 34.0. The minimum Gasteiger partial charge on any atom is -0.489 e. The molecule has 0 heterocycles. The average molecular weight is 782 g/mol. The summed E-state index contributed by atoms with van der Waals surface area (Å²) in [5.41, 5.74) is 1.25. The number of aliphatic hydroxyl groups excluding tert-OH is 1. The van der Waals surface area contributed by atoms with E-state index in [1.54, 1.807) is 12.1 Å². The molecule has 1 aliphatic carbocycles. The molecule has 3 N–H and O–H groups in total. The highest BCUT2D eigenvalue weighted by Crippen LogP contribution is 2.41. The molecule has 5 rings (SSSR count). The van der Waals surface area contributed by atoms with Gasteiger partial charge in [-0.15, -0.1) is 0 Å². The average Bonchev–Trinajstić information content (AvgIpc) is 3.44. The summed E-state index contributed by atoms with van der Waals surface area (Å²) < 4.78 is 33.8. The van der Waals surface area contributed by atoms with Gasteiger partial charge in [-0.05, 0) is 104 Å². The molecule has 299 valence electrons. The van der Waals surface area contributed by atoms with E-state index < -0.39 is 61.7 Å². The van der Waals surface area contributed by atoms with Crippen LogP contribution in [0.3, 0.4) is 0 Å². The van der Waals surface area contributed by atoms with Crippen LogP contribution in [0.25, 0.3) is 0 Å². The molecule has 1 aliphatic rings. The second-order valence-corrected chi connectivity index (χ2v) is 19.3. The third-order valence-corrected chi connectivity index (χ3v) is 11.0. The number of hydrogen-bond donors (Lipinski definition) is 3. The van der Waals surface area contributed by atoms with Crippen molar-refractivity contribution in [3.05, 3.63) is 137 Å². The van der Waals surface area contributed by atoms with E-state index in [4.69, 9.17) is 13.9 Å². The monoisotopic (exact) mass is 781 g/mol. The number of alkyl carbamates (subject to hydrolysis) is 1. The van der Waals surface area contributed by atoms with Crippen LogP contribution in [-0.2, 0) is 39.8 Å². The summed E-state index contributed by atoms with van der Waals surface area (Å²) in [4.78, 5) is 28.8. The van der Waals surface area contributed by atoms with Crippen molar-refractivity contribution in [2.75, 3.05) is 0 Å². The zero-order valence-corrected chi connectivity index (χ0v) is 35.0. The van der Waals surface area contributed by atoms with Crippen molar-refractivity contribution in [1.82, 2.24) is 10.6 Å². The number of hydrogen-bond acceptors (Lipinski definition) is 6. The Bertz CT molecular complexity index is 1900. The molecule has 0 saturated carbocycles. The standard InChI is InChI=1S/C46H58FN2O6Si/c1-44(2,3)37(39(26-31-16-11-9-12-17-31)48-43(52)54-45(4,5)6)29-46(55-56(7)8,42(51)49-41-35-20-15-21-38(47)36(35)27-40(41)50)28-32-22-24-34(25-23-32)53-30-33-18-13-10-14-19-33/h9-25,37,39-41,50H,26-30H2,1-8H3,(H,48,52)(H,49,51)/t37-,39+,40-,41+,46+/m1/s1. The van der Waals surface area contributed by atoms with E-state index in [1.165, 1.54) is 6.07 Å². The summed E-state index contributed by atoms with van der Waals surface area (Å²) in [5, 5.41) is 17.6. The van der Waals surface area contributed by atoms with Gasteiger partial charge in [-0.1, -0.05) is 106 Å². The van der Waals surface area contributed by atoms with Gasteiger partial charge in [0.1, 0.15) is 29.4 Å². The first kappa shape index (κ1) is 42.6. The molecule has 0 bridgehead atoms. The molecular formula is C46H58FN2O6Si. The van der Waals surface area contributed by atoms with Crippen molar-refractivity contribution in [3.63, 3.8) is 0 Å². The van der Waals surface area contributed by atoms with Crippen molar-refractivity contribution >= 4 is 21.0 Å². The quantitative estimate of drug-likeness (QED) is 0.104. The Hall–Kier alpha value is -4.51. The van der Waals surface area contributed by atoms with E-state index >= 15 is 4.79 Å². The first-order chi connectivity index (χ1) is 26.4. The Morgan fingerprint density at radius 3 is 2.05 bits per heavy atom. The van der Waals surface area contributed by atoms with E-state index in [-0.39, 0.29) is 25.2 Å². The van der Waals surface area contributed by atoms with Crippen LogP contribution < -0.4 is 15.4 Å². The Kier molecular flexibility index (Phi) is 13.8. The maximum atomic E-state index is 15.2. The lowest BCUT2D eigenvalue weighted by atomic mass is 9.68. The molecule has 4 aromatic carbocycles. The summed E-state index contributed by atoms with van der Waals surface area (Å²) in [6.45, 7) is 16.2. The molecule has 4 aromatic rings. The molecule has 0 aliphatic heterocycles. The third kappa shape index (κ3) is 11.5. The van der Waals surface area contributed by atoms with E-state index in [0.717, 1.165) is 16.7 Å². The smallest absolute Gasteiger partial charge is 0.407 e. The number of rotatable bonds is 15. The minimum atomic E-state index is -1.55. The predicted octanol–water partition coefficient (Wildman–Crippen LogP) is 8.92. The van der Waals surface area contributed by atoms with Crippen LogP contribution in [0.5, 0.6) is 5.75 Å². The molecule has 5 atom stereocenters. The topological polar surface area (TPSA) is 106 Å². The van der Waals surface area contributed by atoms with Gasteiger partial charge < -0.3 is 29.6 Å². The molecule has 0 spiro atoms. The highest BCUT2D eigenvalue weighted by molar-refractivity contribution is 6.48. The molecule has 10 heteroatoms. The Labute approximate surface area is 333 Å². The highest BCUT2D eigenvalue weighted by atomic mass is 28.3. The van der Waals surface area contributed by atoms with Crippen molar-refractivity contribution in [2.45, 2.75) is 116 Å². The van der Waals surface area contributed by atoms with Gasteiger partial charge in [-0.2, -0.15) is 0 Å². The number of carbonyl (C=O) groups excluding carboxylic acids is 2. The molecule has 0 aromatic heterocycles. The van der Waals surface area contributed by atoms with Crippen molar-refractivity contribution < 1.29 is 33.0 Å². The molecule has 8 nitrogen and oxygen atoms in total. The third-order valence-electron chi connectivity index (χ3n) is 10.2. The number of benzene rings is 4. The van der Waals surface area contributed by atoms with Crippen LogP contribution in [0.15, 0.2) is 103 Å². The van der Waals surface area contributed by atoms with Crippen LogP contribution in [0, 0.1) is 17.2 Å². The van der Waals surface area contributed by atoms with Crippen LogP contribution in [-0.4, -0.2) is 49.5 Å². The Morgan fingerprint density at radius 2 is 1.46 bits per heavy atom. The fourth-order valence-corrected chi connectivity index (χ4v) is 8.65. The van der Waals surface area contributed by atoms with Crippen molar-refractivity contribution in [1.29, 1.82) is 0 Å². The van der Waals surface area contributed by atoms with Crippen molar-refractivity contribution in [2.24, 2.45) is 11.3 Å². The lowest BCUT2D eigenvalue weighted by Crippen LogP contribution is -2.58. The van der Waals surface area contributed by atoms with Gasteiger partial charge in [0.2, 0.25) is 9.04 Å². The number of carbonyl (C=O) groups is 2. The van der Waals surface area contributed by atoms with Gasteiger partial charge in [-0.25, -0.2) is 9.18 Å². The van der Waals surface area contributed by atoms with Crippen molar-refractivity contribution in [3.8, 4) is 5.75 Å². The Morgan fingerprint density at radius 1 is 0.839 bits per heavy atom. The molecular weight excluding hydrogens is 724 g/mol. The number of ether oxygens (including phenoxy) is 2.